The number of aliphatic imine (C=N–C) groups is 1. The number of nitrogens with zero attached hydrogens (tertiary/aromatic N) is 2. The van der Waals surface area contributed by atoms with Gasteiger partial charge in [0.25, 0.3) is 5.91 Å². The van der Waals surface area contributed by atoms with E-state index in [0.717, 1.165) is 12.0 Å². The Hall–Kier alpha value is -2.44. The molecule has 1 fully saturated rings. The highest BCUT2D eigenvalue weighted by molar-refractivity contribution is 6.30. The Bertz CT molecular complexity index is 852. The number of carbonyl (C=O) groups excluding carboxylic acids is 1. The smallest absolute Gasteiger partial charge is 0.274 e. The maximum Gasteiger partial charge on any atom is 0.274 e. The maximum atomic E-state index is 12.3. The molecule has 6 nitrogen and oxygen atoms in total. The van der Waals surface area contributed by atoms with Crippen molar-refractivity contribution in [2.45, 2.75) is 12.0 Å². The van der Waals surface area contributed by atoms with E-state index in [1.54, 1.807) is 12.1 Å². The molecule has 2 heterocycles. The van der Waals surface area contributed by atoms with Crippen molar-refractivity contribution < 1.29 is 9.53 Å². The molecule has 1 saturated carbocycles. The lowest BCUT2D eigenvalue weighted by molar-refractivity contribution is 0.102. The number of pyridine rings is 1. The molecule has 2 aliphatic rings. The van der Waals surface area contributed by atoms with E-state index in [1.165, 1.54) is 6.20 Å². The summed E-state index contributed by atoms with van der Waals surface area (Å²) in [6.45, 7) is 1.02. The average Bonchev–Trinajstić information content (AvgIpc) is 3.30. The normalized spacial score (nSPS) is 24.7. The molecule has 128 valence electrons. The summed E-state index contributed by atoms with van der Waals surface area (Å²) in [4.78, 5) is 21.0. The van der Waals surface area contributed by atoms with Gasteiger partial charge in [-0.15, -0.1) is 0 Å². The molecule has 0 radical (unpaired) electrons. The second kappa shape index (κ2) is 6.13. The van der Waals surface area contributed by atoms with E-state index in [-0.39, 0.29) is 11.4 Å². The van der Waals surface area contributed by atoms with Gasteiger partial charge < -0.3 is 15.8 Å². The number of nitrogens with two attached hydrogens (primary N) is 1. The number of carbonyl (C=O) groups is 1. The van der Waals surface area contributed by atoms with Crippen molar-refractivity contribution in [2.24, 2.45) is 16.6 Å². The van der Waals surface area contributed by atoms with Gasteiger partial charge in [-0.2, -0.15) is 0 Å². The number of fused-ring (bicyclic) bond motifs is 1. The molecule has 1 aliphatic heterocycles. The fraction of sp³-hybridized carbons (Fsp3) is 0.278. The number of halogens is 1. The minimum Gasteiger partial charge on any atom is -0.386 e. The predicted octanol–water partition coefficient (Wildman–Crippen LogP) is 2.59. The van der Waals surface area contributed by atoms with Crippen molar-refractivity contribution in [3.8, 4) is 0 Å². The van der Waals surface area contributed by atoms with Crippen molar-refractivity contribution in [1.29, 1.82) is 0 Å². The number of amides is 1. The minimum atomic E-state index is -0.320. The number of anilines is 1. The number of aromatic nitrogens is 1. The molecule has 0 unspecified atom stereocenters. The molecule has 1 aromatic carbocycles. The fourth-order valence-corrected chi connectivity index (χ4v) is 3.35. The number of hydrogen-bond acceptors (Lipinski definition) is 5. The van der Waals surface area contributed by atoms with Gasteiger partial charge in [0.1, 0.15) is 18.1 Å². The molecule has 1 aliphatic carbocycles. The van der Waals surface area contributed by atoms with Crippen LogP contribution in [-0.4, -0.2) is 29.9 Å². The molecule has 1 amide bonds. The molecule has 0 saturated heterocycles. The van der Waals surface area contributed by atoms with Crippen LogP contribution in [0, 0.1) is 5.92 Å². The summed E-state index contributed by atoms with van der Waals surface area (Å²) >= 11 is 5.80. The number of hydrogen-bond donors (Lipinski definition) is 2. The number of benzene rings is 1. The fourth-order valence-electron chi connectivity index (χ4n) is 3.23. The van der Waals surface area contributed by atoms with Gasteiger partial charge in [-0.1, -0.05) is 23.7 Å². The molecular weight excluding hydrogens is 340 g/mol. The highest BCUT2D eigenvalue weighted by atomic mass is 35.5. The third-order valence-electron chi connectivity index (χ3n) is 4.57. The largest absolute Gasteiger partial charge is 0.386 e. The Morgan fingerprint density at radius 3 is 3.04 bits per heavy atom. The molecule has 4 rings (SSSR count). The second-order valence-corrected chi connectivity index (χ2v) is 6.78. The van der Waals surface area contributed by atoms with Crippen LogP contribution in [0.15, 0.2) is 47.6 Å². The predicted molar refractivity (Wildman–Crippen MR) is 95.9 cm³/mol. The van der Waals surface area contributed by atoms with Gasteiger partial charge in [0, 0.05) is 17.8 Å². The lowest BCUT2D eigenvalue weighted by Gasteiger charge is -2.14. The Labute approximate surface area is 150 Å². The van der Waals surface area contributed by atoms with E-state index >= 15 is 0 Å². The van der Waals surface area contributed by atoms with Gasteiger partial charge in [-0.3, -0.25) is 9.79 Å². The molecular formula is C18H17ClN4O2. The van der Waals surface area contributed by atoms with Gasteiger partial charge in [-0.05, 0) is 36.2 Å². The van der Waals surface area contributed by atoms with Crippen LogP contribution < -0.4 is 11.1 Å². The number of rotatable bonds is 3. The monoisotopic (exact) mass is 356 g/mol. The quantitative estimate of drug-likeness (QED) is 0.884. The van der Waals surface area contributed by atoms with E-state index in [9.17, 15) is 4.79 Å². The summed E-state index contributed by atoms with van der Waals surface area (Å²) in [5, 5.41) is 3.35. The van der Waals surface area contributed by atoms with Gasteiger partial charge in [0.05, 0.1) is 17.2 Å². The molecule has 25 heavy (non-hydrogen) atoms. The van der Waals surface area contributed by atoms with E-state index in [1.807, 2.05) is 24.3 Å². The number of nitrogens with one attached hydrogen (secondary N) is 1. The van der Waals surface area contributed by atoms with Crippen LogP contribution in [0.25, 0.3) is 0 Å². The third-order valence-corrected chi connectivity index (χ3v) is 4.79. The van der Waals surface area contributed by atoms with Crippen LogP contribution >= 0.6 is 11.6 Å². The van der Waals surface area contributed by atoms with Crippen molar-refractivity contribution in [3.05, 3.63) is 58.9 Å². The summed E-state index contributed by atoms with van der Waals surface area (Å²) in [7, 11) is 0. The van der Waals surface area contributed by atoms with Crippen LogP contribution in [0.1, 0.15) is 22.5 Å². The molecule has 3 N–H and O–H groups in total. The zero-order valence-corrected chi connectivity index (χ0v) is 14.2. The van der Waals surface area contributed by atoms with Crippen molar-refractivity contribution >= 4 is 29.0 Å². The third kappa shape index (κ3) is 3.10. The molecule has 0 bridgehead atoms. The van der Waals surface area contributed by atoms with Gasteiger partial charge >= 0.3 is 0 Å². The van der Waals surface area contributed by atoms with Crippen molar-refractivity contribution in [3.63, 3.8) is 0 Å². The SMILES string of the molecule is NC1=N[C@@]2(c3cccc(NC(=O)c4ccc(Cl)cn4)c3)C[C@H]2COC1. The zero-order chi connectivity index (χ0) is 17.4. The molecule has 2 aromatic rings. The number of ether oxygens (including phenoxy) is 1. The van der Waals surface area contributed by atoms with E-state index in [0.29, 0.717) is 41.4 Å². The molecule has 2 atom stereocenters. The van der Waals surface area contributed by atoms with Crippen molar-refractivity contribution in [2.75, 3.05) is 18.5 Å². The standard InChI is InChI=1S/C18H17ClN4O2/c19-13-4-5-15(21-8-13)17(24)22-14-3-1-2-11(6-14)18-7-12(18)9-25-10-16(20)23-18/h1-6,8,12H,7,9-10H2,(H2,20,23)(H,22,24)/t12-,18+/m0/s1. The van der Waals surface area contributed by atoms with Crippen LogP contribution in [0.3, 0.4) is 0 Å². The van der Waals surface area contributed by atoms with Crippen LogP contribution in [0.5, 0.6) is 0 Å². The van der Waals surface area contributed by atoms with Crippen molar-refractivity contribution in [1.82, 2.24) is 4.98 Å². The maximum absolute atomic E-state index is 12.3. The van der Waals surface area contributed by atoms with E-state index < -0.39 is 0 Å². The second-order valence-electron chi connectivity index (χ2n) is 6.34. The summed E-state index contributed by atoms with van der Waals surface area (Å²) in [5.41, 5.74) is 7.63. The minimum absolute atomic E-state index is 0.286. The first kappa shape index (κ1) is 16.1. The molecule has 7 heteroatoms. The van der Waals surface area contributed by atoms with Gasteiger partial charge in [0.2, 0.25) is 0 Å². The Kier molecular flexibility index (Phi) is 3.94. The lowest BCUT2D eigenvalue weighted by atomic mass is 10.0. The summed E-state index contributed by atoms with van der Waals surface area (Å²) in [5.74, 6) is 0.558. The van der Waals surface area contributed by atoms with Crippen LogP contribution in [-0.2, 0) is 10.3 Å². The highest BCUT2D eigenvalue weighted by Crippen LogP contribution is 2.56. The number of amidine groups is 1. The first-order valence-electron chi connectivity index (χ1n) is 8.02. The van der Waals surface area contributed by atoms with E-state index in [2.05, 4.69) is 15.3 Å². The first-order chi connectivity index (χ1) is 12.1. The zero-order valence-electron chi connectivity index (χ0n) is 13.4. The summed E-state index contributed by atoms with van der Waals surface area (Å²) in [6.07, 6.45) is 2.35. The lowest BCUT2D eigenvalue weighted by Crippen LogP contribution is -2.20. The summed E-state index contributed by atoms with van der Waals surface area (Å²) in [6, 6.07) is 10.9. The topological polar surface area (TPSA) is 89.6 Å². The van der Waals surface area contributed by atoms with Gasteiger partial charge in [-0.25, -0.2) is 4.98 Å². The Morgan fingerprint density at radius 2 is 2.24 bits per heavy atom. The molecule has 1 aromatic heterocycles. The average molecular weight is 357 g/mol. The Morgan fingerprint density at radius 1 is 1.36 bits per heavy atom. The van der Waals surface area contributed by atoms with Gasteiger partial charge in [0.15, 0.2) is 0 Å². The van der Waals surface area contributed by atoms with Crippen LogP contribution in [0.4, 0.5) is 5.69 Å². The highest BCUT2D eigenvalue weighted by Gasteiger charge is 2.56. The molecule has 0 spiro atoms. The first-order valence-corrected chi connectivity index (χ1v) is 8.40. The Balaban J connectivity index is 1.57. The van der Waals surface area contributed by atoms with E-state index in [4.69, 9.17) is 22.1 Å². The summed E-state index contributed by atoms with van der Waals surface area (Å²) < 4.78 is 5.52. The van der Waals surface area contributed by atoms with Crippen LogP contribution in [0.2, 0.25) is 5.02 Å².